The molecule has 0 aromatic heterocycles. The molecule has 0 saturated heterocycles. The maximum atomic E-state index is 13.2. The van der Waals surface area contributed by atoms with Crippen LogP contribution in [0.25, 0.3) is 11.1 Å². The summed E-state index contributed by atoms with van der Waals surface area (Å²) in [5, 5.41) is 0. The molecular weight excluding hydrogens is 476 g/mol. The van der Waals surface area contributed by atoms with Gasteiger partial charge in [0.1, 0.15) is 11.2 Å². The Kier molecular flexibility index (Phi) is 5.38. The average Bonchev–Trinajstić information content (AvgIpc) is 3.57. The molecule has 38 heavy (non-hydrogen) atoms. The molecule has 3 aromatic carbocycles. The van der Waals surface area contributed by atoms with E-state index >= 15 is 0 Å². The Hall–Kier alpha value is -4.14. The molecule has 0 N–H and O–H groups in total. The lowest BCUT2D eigenvalue weighted by Crippen LogP contribution is -2.42. The number of carbonyl (C=O) groups is 2. The van der Waals surface area contributed by atoms with Gasteiger partial charge in [-0.25, -0.2) is 0 Å². The van der Waals surface area contributed by atoms with Crippen LogP contribution in [0, 0.1) is 17.3 Å². The number of rotatable bonds is 3. The van der Waals surface area contributed by atoms with Gasteiger partial charge in [0.2, 0.25) is 0 Å². The van der Waals surface area contributed by atoms with Crippen molar-refractivity contribution in [3.05, 3.63) is 106 Å². The monoisotopic (exact) mass is 504 g/mol. The summed E-state index contributed by atoms with van der Waals surface area (Å²) in [5.41, 5.74) is 4.66. The molecule has 0 fully saturated rings. The smallest absolute Gasteiger partial charge is 0.323 e. The van der Waals surface area contributed by atoms with Crippen molar-refractivity contribution in [3.8, 4) is 23.0 Å². The average molecular weight is 505 g/mol. The topological polar surface area (TPSA) is 61.8 Å². The fourth-order valence-corrected chi connectivity index (χ4v) is 6.50. The summed E-state index contributed by atoms with van der Waals surface area (Å²) in [6.45, 7) is 4.11. The van der Waals surface area contributed by atoms with E-state index in [1.54, 1.807) is 0 Å². The second-order valence-corrected chi connectivity index (χ2v) is 10.5. The van der Waals surface area contributed by atoms with Crippen molar-refractivity contribution in [1.29, 1.82) is 0 Å². The van der Waals surface area contributed by atoms with Gasteiger partial charge in [0.15, 0.2) is 5.41 Å². The molecule has 2 bridgehead atoms. The predicted molar refractivity (Wildman–Crippen MR) is 143 cm³/mol. The second-order valence-electron chi connectivity index (χ2n) is 10.5. The van der Waals surface area contributed by atoms with Gasteiger partial charge < -0.3 is 14.2 Å². The van der Waals surface area contributed by atoms with E-state index in [0.717, 1.165) is 44.5 Å². The van der Waals surface area contributed by atoms with Crippen LogP contribution in [0.3, 0.4) is 0 Å². The third kappa shape index (κ3) is 3.30. The summed E-state index contributed by atoms with van der Waals surface area (Å²) in [6, 6.07) is 19.9. The quantitative estimate of drug-likeness (QED) is 0.212. The van der Waals surface area contributed by atoms with Crippen molar-refractivity contribution < 1.29 is 23.8 Å². The molecular formula is C33H28O5. The van der Waals surface area contributed by atoms with Crippen LogP contribution in [0.1, 0.15) is 47.2 Å². The second kappa shape index (κ2) is 8.44. The lowest BCUT2D eigenvalue weighted by molar-refractivity contribution is -0.168. The van der Waals surface area contributed by atoms with Crippen LogP contribution in [-0.2, 0) is 47.8 Å². The van der Waals surface area contributed by atoms with E-state index in [0.29, 0.717) is 0 Å². The number of methoxy groups -OCH3 is 2. The molecule has 0 unspecified atom stereocenters. The van der Waals surface area contributed by atoms with Gasteiger partial charge in [-0.15, -0.1) is 0 Å². The third-order valence-electron chi connectivity index (χ3n) is 8.13. The van der Waals surface area contributed by atoms with Gasteiger partial charge in [-0.3, -0.25) is 9.59 Å². The number of hydrogen-bond acceptors (Lipinski definition) is 5. The van der Waals surface area contributed by atoms with Crippen LogP contribution >= 0.6 is 0 Å². The number of fused-ring (bicyclic) bond motifs is 7. The van der Waals surface area contributed by atoms with E-state index in [-0.39, 0.29) is 12.8 Å². The highest BCUT2D eigenvalue weighted by atomic mass is 16.5. The Morgan fingerprint density at radius 2 is 1.32 bits per heavy atom. The van der Waals surface area contributed by atoms with Crippen molar-refractivity contribution in [3.63, 3.8) is 0 Å². The summed E-state index contributed by atoms with van der Waals surface area (Å²) < 4.78 is 17.0. The van der Waals surface area contributed by atoms with Gasteiger partial charge in [-0.1, -0.05) is 60.4 Å². The van der Waals surface area contributed by atoms with E-state index in [9.17, 15) is 9.59 Å². The van der Waals surface area contributed by atoms with Crippen LogP contribution in [-0.4, -0.2) is 26.2 Å². The zero-order valence-electron chi connectivity index (χ0n) is 21.9. The fourth-order valence-electron chi connectivity index (χ4n) is 6.50. The summed E-state index contributed by atoms with van der Waals surface area (Å²) in [7, 11) is 2.62. The SMILES string of the molecule is COC(=O)C1(C(=O)OC)Cc2c(C#Cc3ccccc3)c(-c3ccccc3)c3c(c2C1)[C@]1(C)C=C[C@@]3(C)O1. The summed E-state index contributed by atoms with van der Waals surface area (Å²) in [5.74, 6) is 5.59. The van der Waals surface area contributed by atoms with E-state index in [4.69, 9.17) is 14.2 Å². The Morgan fingerprint density at radius 1 is 0.763 bits per heavy atom. The zero-order chi connectivity index (χ0) is 26.7. The van der Waals surface area contributed by atoms with Gasteiger partial charge in [-0.2, -0.15) is 0 Å². The van der Waals surface area contributed by atoms with Crippen molar-refractivity contribution in [2.24, 2.45) is 5.41 Å². The van der Waals surface area contributed by atoms with Gasteiger partial charge >= 0.3 is 11.9 Å². The molecule has 2 heterocycles. The highest BCUT2D eigenvalue weighted by Gasteiger charge is 2.60. The first kappa shape index (κ1) is 24.2. The van der Waals surface area contributed by atoms with Gasteiger partial charge in [-0.05, 0) is 60.4 Å². The largest absolute Gasteiger partial charge is 0.468 e. The summed E-state index contributed by atoms with van der Waals surface area (Å²) in [4.78, 5) is 26.5. The molecule has 0 spiro atoms. The van der Waals surface area contributed by atoms with Crippen LogP contribution < -0.4 is 0 Å². The van der Waals surface area contributed by atoms with E-state index in [2.05, 4.69) is 43.0 Å². The minimum atomic E-state index is -1.49. The van der Waals surface area contributed by atoms with Gasteiger partial charge in [0, 0.05) is 35.1 Å². The first-order chi connectivity index (χ1) is 18.3. The number of esters is 2. The molecule has 2 aliphatic heterocycles. The maximum absolute atomic E-state index is 13.2. The van der Waals surface area contributed by atoms with Gasteiger partial charge in [0.25, 0.3) is 0 Å². The molecule has 3 aliphatic rings. The molecule has 1 aliphatic carbocycles. The molecule has 5 heteroatoms. The Balaban J connectivity index is 1.72. The molecule has 190 valence electrons. The molecule has 0 radical (unpaired) electrons. The summed E-state index contributed by atoms with van der Waals surface area (Å²) >= 11 is 0. The third-order valence-corrected chi connectivity index (χ3v) is 8.13. The van der Waals surface area contributed by atoms with Gasteiger partial charge in [0.05, 0.1) is 14.2 Å². The fraction of sp³-hybridized carbons (Fsp3) is 0.273. The van der Waals surface area contributed by atoms with Crippen LogP contribution in [0.15, 0.2) is 72.8 Å². The van der Waals surface area contributed by atoms with Crippen molar-refractivity contribution in [2.75, 3.05) is 14.2 Å². The summed E-state index contributed by atoms with van der Waals surface area (Å²) in [6.07, 6.45) is 4.49. The Morgan fingerprint density at radius 3 is 1.92 bits per heavy atom. The Labute approximate surface area is 222 Å². The number of carbonyl (C=O) groups excluding carboxylic acids is 2. The first-order valence-corrected chi connectivity index (χ1v) is 12.7. The molecule has 5 nitrogen and oxygen atoms in total. The standard InChI is InChI=1S/C33H28O5/c1-31-17-18-32(2,38-31)28-26(22-13-9-6-10-14-22)23(16-15-21-11-7-5-8-12-21)24-19-33(29(34)36-3,30(35)37-4)20-25(24)27(28)31/h5-14,17-18H,19-20H2,1-4H3/t31-,32+/m0/s1. The lowest BCUT2D eigenvalue weighted by atomic mass is 9.73. The zero-order valence-corrected chi connectivity index (χ0v) is 21.9. The molecule has 3 aromatic rings. The van der Waals surface area contributed by atoms with E-state index < -0.39 is 28.6 Å². The number of hydrogen-bond donors (Lipinski definition) is 0. The minimum Gasteiger partial charge on any atom is -0.468 e. The van der Waals surface area contributed by atoms with Crippen LogP contribution in [0.4, 0.5) is 0 Å². The predicted octanol–water partition coefficient (Wildman–Crippen LogP) is 5.21. The Bertz CT molecular complexity index is 1560. The van der Waals surface area contributed by atoms with Crippen molar-refractivity contribution in [2.45, 2.75) is 37.9 Å². The van der Waals surface area contributed by atoms with Crippen molar-refractivity contribution >= 4 is 11.9 Å². The molecule has 0 saturated carbocycles. The number of ether oxygens (including phenoxy) is 3. The van der Waals surface area contributed by atoms with E-state index in [1.807, 2.05) is 55.5 Å². The van der Waals surface area contributed by atoms with Crippen molar-refractivity contribution in [1.82, 2.24) is 0 Å². The van der Waals surface area contributed by atoms with Crippen LogP contribution in [0.5, 0.6) is 0 Å². The molecule has 2 atom stereocenters. The minimum absolute atomic E-state index is 0.143. The van der Waals surface area contributed by atoms with Crippen LogP contribution in [0.2, 0.25) is 0 Å². The van der Waals surface area contributed by atoms with E-state index in [1.165, 1.54) is 14.2 Å². The molecule has 0 amide bonds. The lowest BCUT2D eigenvalue weighted by Gasteiger charge is -2.27. The number of benzene rings is 3. The highest BCUT2D eigenvalue weighted by Crippen LogP contribution is 2.61. The first-order valence-electron chi connectivity index (χ1n) is 12.7. The normalized spacial score (nSPS) is 23.3. The highest BCUT2D eigenvalue weighted by molar-refractivity contribution is 6.02. The maximum Gasteiger partial charge on any atom is 0.323 e. The molecule has 6 rings (SSSR count).